The van der Waals surface area contributed by atoms with Crippen LogP contribution in [0.5, 0.6) is 0 Å². The van der Waals surface area contributed by atoms with Gasteiger partial charge in [0.05, 0.1) is 12.5 Å². The van der Waals surface area contributed by atoms with Crippen LogP contribution >= 0.6 is 0 Å². The largest absolute Gasteiger partial charge is 0.384 e. The summed E-state index contributed by atoms with van der Waals surface area (Å²) in [5, 5.41) is 8.35. The molecule has 2 amide bonds. The monoisotopic (exact) mass is 247 g/mol. The van der Waals surface area contributed by atoms with E-state index in [1.807, 2.05) is 24.3 Å². The van der Waals surface area contributed by atoms with Gasteiger partial charge < -0.3 is 16.0 Å². The topological polar surface area (TPSA) is 70.2 Å². The average molecular weight is 247 g/mol. The fraction of sp³-hybridized carbons (Fsp3) is 0.385. The van der Waals surface area contributed by atoms with E-state index in [0.29, 0.717) is 13.0 Å². The van der Waals surface area contributed by atoms with Gasteiger partial charge >= 0.3 is 0 Å². The van der Waals surface area contributed by atoms with E-state index >= 15 is 0 Å². The number of carbonyl (C=O) groups excluding carboxylic acids is 2. The van der Waals surface area contributed by atoms with Crippen LogP contribution in [0.1, 0.15) is 5.56 Å². The van der Waals surface area contributed by atoms with Gasteiger partial charge in [0.25, 0.3) is 0 Å². The molecular formula is C13H17N3O2. The van der Waals surface area contributed by atoms with Gasteiger partial charge in [-0.05, 0) is 18.1 Å². The Hall–Kier alpha value is -2.04. The molecule has 1 aromatic carbocycles. The van der Waals surface area contributed by atoms with Crippen LogP contribution in [0.25, 0.3) is 0 Å². The molecule has 1 aliphatic rings. The van der Waals surface area contributed by atoms with Crippen molar-refractivity contribution in [3.05, 3.63) is 29.8 Å². The summed E-state index contributed by atoms with van der Waals surface area (Å²) in [7, 11) is 1.55. The van der Waals surface area contributed by atoms with Gasteiger partial charge in [-0.15, -0.1) is 0 Å². The van der Waals surface area contributed by atoms with Crippen molar-refractivity contribution in [1.82, 2.24) is 10.6 Å². The molecule has 18 heavy (non-hydrogen) atoms. The predicted molar refractivity (Wildman–Crippen MR) is 69.2 cm³/mol. The molecule has 1 aromatic rings. The summed E-state index contributed by atoms with van der Waals surface area (Å²) >= 11 is 0. The summed E-state index contributed by atoms with van der Waals surface area (Å²) in [5.41, 5.74) is 2.23. The molecule has 0 saturated heterocycles. The maximum atomic E-state index is 11.9. The average Bonchev–Trinajstić information content (AvgIpc) is 2.43. The van der Waals surface area contributed by atoms with Gasteiger partial charge in [-0.1, -0.05) is 18.2 Å². The first-order valence-electron chi connectivity index (χ1n) is 6.00. The standard InChI is InChI=1S/C13H17N3O2/c1-14-12(17)8-16-13(18)10-6-9-4-2-3-5-11(9)15-7-10/h2-5,10,15H,6-8H2,1H3,(H,14,17)(H,16,18). The van der Waals surface area contributed by atoms with E-state index in [0.717, 1.165) is 11.3 Å². The van der Waals surface area contributed by atoms with Crippen LogP contribution in [0.15, 0.2) is 24.3 Å². The Morgan fingerprint density at radius 2 is 2.17 bits per heavy atom. The lowest BCUT2D eigenvalue weighted by molar-refractivity contribution is -0.128. The molecule has 0 radical (unpaired) electrons. The number of para-hydroxylation sites is 1. The molecule has 0 spiro atoms. The molecule has 1 heterocycles. The van der Waals surface area contributed by atoms with Crippen LogP contribution in [-0.2, 0) is 16.0 Å². The van der Waals surface area contributed by atoms with E-state index in [4.69, 9.17) is 0 Å². The number of hydrogen-bond donors (Lipinski definition) is 3. The highest BCUT2D eigenvalue weighted by Crippen LogP contribution is 2.24. The molecule has 0 aliphatic carbocycles. The SMILES string of the molecule is CNC(=O)CNC(=O)C1CNc2ccccc2C1. The van der Waals surface area contributed by atoms with Gasteiger partial charge in [0.2, 0.25) is 11.8 Å². The first-order chi connectivity index (χ1) is 8.70. The third-order valence-electron chi connectivity index (χ3n) is 3.10. The molecule has 96 valence electrons. The summed E-state index contributed by atoms with van der Waals surface area (Å²) in [6.07, 6.45) is 0.711. The van der Waals surface area contributed by atoms with Crippen molar-refractivity contribution >= 4 is 17.5 Å². The number of benzene rings is 1. The Morgan fingerprint density at radius 3 is 2.94 bits per heavy atom. The lowest BCUT2D eigenvalue weighted by atomic mass is 9.93. The fourth-order valence-corrected chi connectivity index (χ4v) is 2.03. The minimum atomic E-state index is -0.187. The van der Waals surface area contributed by atoms with Crippen molar-refractivity contribution in [1.29, 1.82) is 0 Å². The van der Waals surface area contributed by atoms with Crippen LogP contribution in [0.4, 0.5) is 5.69 Å². The normalized spacial score (nSPS) is 17.3. The van der Waals surface area contributed by atoms with Crippen LogP contribution in [0, 0.1) is 5.92 Å². The Balaban J connectivity index is 1.92. The predicted octanol–water partition coefficient (Wildman–Crippen LogP) is 0.133. The number of hydrogen-bond acceptors (Lipinski definition) is 3. The van der Waals surface area contributed by atoms with Crippen molar-refractivity contribution in [2.75, 3.05) is 25.5 Å². The Kier molecular flexibility index (Phi) is 3.82. The smallest absolute Gasteiger partial charge is 0.239 e. The van der Waals surface area contributed by atoms with Gasteiger partial charge in [0.1, 0.15) is 0 Å². The second-order valence-electron chi connectivity index (χ2n) is 4.33. The third-order valence-corrected chi connectivity index (χ3v) is 3.10. The van der Waals surface area contributed by atoms with E-state index in [1.54, 1.807) is 7.05 Å². The first kappa shape index (κ1) is 12.4. The number of fused-ring (bicyclic) bond motifs is 1. The van der Waals surface area contributed by atoms with Gasteiger partial charge in [-0.25, -0.2) is 0 Å². The van der Waals surface area contributed by atoms with Crippen molar-refractivity contribution in [3.8, 4) is 0 Å². The number of nitrogens with one attached hydrogen (secondary N) is 3. The number of likely N-dealkylation sites (N-methyl/N-ethyl adjacent to an activating group) is 1. The highest BCUT2D eigenvalue weighted by Gasteiger charge is 2.24. The number of rotatable bonds is 3. The quantitative estimate of drug-likeness (QED) is 0.711. The molecule has 5 heteroatoms. The van der Waals surface area contributed by atoms with E-state index in [2.05, 4.69) is 16.0 Å². The van der Waals surface area contributed by atoms with Gasteiger partial charge in [0, 0.05) is 19.3 Å². The van der Waals surface area contributed by atoms with E-state index in [-0.39, 0.29) is 24.3 Å². The lowest BCUT2D eigenvalue weighted by Gasteiger charge is -2.25. The lowest BCUT2D eigenvalue weighted by Crippen LogP contribution is -2.42. The van der Waals surface area contributed by atoms with Gasteiger partial charge in [-0.3, -0.25) is 9.59 Å². The van der Waals surface area contributed by atoms with Crippen LogP contribution in [-0.4, -0.2) is 32.0 Å². The Morgan fingerprint density at radius 1 is 1.39 bits per heavy atom. The number of amides is 2. The number of carbonyl (C=O) groups is 2. The molecule has 1 aliphatic heterocycles. The van der Waals surface area contributed by atoms with E-state index in [9.17, 15) is 9.59 Å². The second-order valence-corrected chi connectivity index (χ2v) is 4.33. The summed E-state index contributed by atoms with van der Waals surface area (Å²) in [6, 6.07) is 7.96. The Labute approximate surface area is 106 Å². The molecule has 1 atom stereocenters. The zero-order valence-corrected chi connectivity index (χ0v) is 10.3. The molecule has 5 nitrogen and oxygen atoms in total. The van der Waals surface area contributed by atoms with Crippen molar-refractivity contribution in [3.63, 3.8) is 0 Å². The Bertz CT molecular complexity index is 459. The van der Waals surface area contributed by atoms with Crippen molar-refractivity contribution in [2.45, 2.75) is 6.42 Å². The van der Waals surface area contributed by atoms with Crippen molar-refractivity contribution < 1.29 is 9.59 Å². The molecule has 3 N–H and O–H groups in total. The van der Waals surface area contributed by atoms with Crippen LogP contribution in [0.2, 0.25) is 0 Å². The maximum Gasteiger partial charge on any atom is 0.239 e. The summed E-state index contributed by atoms with van der Waals surface area (Å²) in [5.74, 6) is -0.391. The molecule has 0 saturated carbocycles. The zero-order chi connectivity index (χ0) is 13.0. The van der Waals surface area contributed by atoms with E-state index < -0.39 is 0 Å². The van der Waals surface area contributed by atoms with Crippen LogP contribution in [0.3, 0.4) is 0 Å². The minimum Gasteiger partial charge on any atom is -0.384 e. The molecule has 0 bridgehead atoms. The van der Waals surface area contributed by atoms with E-state index in [1.165, 1.54) is 0 Å². The summed E-state index contributed by atoms with van der Waals surface area (Å²) < 4.78 is 0. The molecule has 1 unspecified atom stereocenters. The summed E-state index contributed by atoms with van der Waals surface area (Å²) in [4.78, 5) is 23.0. The second kappa shape index (κ2) is 5.53. The van der Waals surface area contributed by atoms with Gasteiger partial charge in [0.15, 0.2) is 0 Å². The molecular weight excluding hydrogens is 230 g/mol. The zero-order valence-electron chi connectivity index (χ0n) is 10.3. The van der Waals surface area contributed by atoms with Gasteiger partial charge in [-0.2, -0.15) is 0 Å². The molecule has 0 aromatic heterocycles. The summed E-state index contributed by atoms with van der Waals surface area (Å²) in [6.45, 7) is 0.643. The highest BCUT2D eigenvalue weighted by atomic mass is 16.2. The minimum absolute atomic E-state index is 0.0352. The maximum absolute atomic E-state index is 11.9. The molecule has 0 fully saturated rings. The third kappa shape index (κ3) is 2.80. The highest BCUT2D eigenvalue weighted by molar-refractivity contribution is 5.86. The number of anilines is 1. The first-order valence-corrected chi connectivity index (χ1v) is 6.00. The molecule has 2 rings (SSSR count). The van der Waals surface area contributed by atoms with Crippen molar-refractivity contribution in [2.24, 2.45) is 5.92 Å². The van der Waals surface area contributed by atoms with Crippen LogP contribution < -0.4 is 16.0 Å². The fourth-order valence-electron chi connectivity index (χ4n) is 2.03.